The molecule has 0 aliphatic heterocycles. The Morgan fingerprint density at radius 2 is 1.77 bits per heavy atom. The number of nitrogens with one attached hydrogen (secondary N) is 3. The standard InChI is InChI=1S/C23H20ClN5O2/c1-14(30)27-18-8-2-15(3-9-18)10-12-26-23(31)19-11-13-25-22-20(19)28-21(29-22)16-4-6-17(24)7-5-16/h2-9,11,13H,10,12H2,1H3,(H,26,31)(H,27,30)(H,25,28,29). The minimum atomic E-state index is -0.200. The highest BCUT2D eigenvalue weighted by molar-refractivity contribution is 6.30. The molecule has 8 heteroatoms. The lowest BCUT2D eigenvalue weighted by atomic mass is 10.1. The van der Waals surface area contributed by atoms with Gasteiger partial charge in [-0.3, -0.25) is 9.59 Å². The Kier molecular flexibility index (Phi) is 5.95. The van der Waals surface area contributed by atoms with Crippen LogP contribution in [0.3, 0.4) is 0 Å². The SMILES string of the molecule is CC(=O)Nc1ccc(CCNC(=O)c2ccnc3nc(-c4ccc(Cl)cc4)[nH]c23)cc1. The summed E-state index contributed by atoms with van der Waals surface area (Å²) in [6.07, 6.45) is 2.24. The first-order valence-corrected chi connectivity index (χ1v) is 10.1. The first kappa shape index (κ1) is 20.6. The summed E-state index contributed by atoms with van der Waals surface area (Å²) in [6, 6.07) is 16.5. The van der Waals surface area contributed by atoms with Gasteiger partial charge in [-0.25, -0.2) is 9.97 Å². The minimum Gasteiger partial charge on any atom is -0.352 e. The first-order valence-electron chi connectivity index (χ1n) is 9.75. The molecule has 0 spiro atoms. The van der Waals surface area contributed by atoms with E-state index in [4.69, 9.17) is 11.6 Å². The molecule has 3 N–H and O–H groups in total. The maximum atomic E-state index is 12.8. The van der Waals surface area contributed by atoms with Crippen LogP contribution in [0.15, 0.2) is 60.8 Å². The molecule has 2 amide bonds. The molecule has 4 aromatic rings. The molecule has 0 unspecified atom stereocenters. The van der Waals surface area contributed by atoms with Crippen LogP contribution in [-0.2, 0) is 11.2 Å². The lowest BCUT2D eigenvalue weighted by molar-refractivity contribution is -0.114. The van der Waals surface area contributed by atoms with Gasteiger partial charge < -0.3 is 15.6 Å². The molecule has 0 saturated carbocycles. The molecule has 0 fully saturated rings. The van der Waals surface area contributed by atoms with E-state index in [2.05, 4.69) is 25.6 Å². The number of carbonyl (C=O) groups excluding carboxylic acids is 2. The van der Waals surface area contributed by atoms with Crippen molar-refractivity contribution in [3.8, 4) is 11.4 Å². The number of rotatable bonds is 6. The first-order chi connectivity index (χ1) is 15.0. The number of halogens is 1. The van der Waals surface area contributed by atoms with Crippen LogP contribution in [0.2, 0.25) is 5.02 Å². The lowest BCUT2D eigenvalue weighted by Gasteiger charge is -2.07. The van der Waals surface area contributed by atoms with Crippen molar-refractivity contribution in [3.63, 3.8) is 0 Å². The largest absolute Gasteiger partial charge is 0.352 e. The summed E-state index contributed by atoms with van der Waals surface area (Å²) in [5, 5.41) is 6.31. The van der Waals surface area contributed by atoms with E-state index in [1.165, 1.54) is 6.92 Å². The lowest BCUT2D eigenvalue weighted by Crippen LogP contribution is -2.26. The number of fused-ring (bicyclic) bond motifs is 1. The molecule has 0 bridgehead atoms. The van der Waals surface area contributed by atoms with Crippen LogP contribution in [0.4, 0.5) is 5.69 Å². The highest BCUT2D eigenvalue weighted by Crippen LogP contribution is 2.23. The van der Waals surface area contributed by atoms with Gasteiger partial charge in [0.1, 0.15) is 5.82 Å². The third kappa shape index (κ3) is 4.90. The number of pyridine rings is 1. The molecule has 2 heterocycles. The predicted molar refractivity (Wildman–Crippen MR) is 121 cm³/mol. The maximum Gasteiger partial charge on any atom is 0.253 e. The number of carbonyl (C=O) groups is 2. The summed E-state index contributed by atoms with van der Waals surface area (Å²) in [5.74, 6) is 0.314. The van der Waals surface area contributed by atoms with E-state index in [1.54, 1.807) is 24.4 Å². The summed E-state index contributed by atoms with van der Waals surface area (Å²) >= 11 is 5.95. The summed E-state index contributed by atoms with van der Waals surface area (Å²) in [7, 11) is 0. The zero-order valence-electron chi connectivity index (χ0n) is 16.8. The van der Waals surface area contributed by atoms with Gasteiger partial charge in [-0.2, -0.15) is 0 Å². The molecular weight excluding hydrogens is 414 g/mol. The number of aromatic nitrogens is 3. The van der Waals surface area contributed by atoms with Gasteiger partial charge in [0.2, 0.25) is 5.91 Å². The van der Waals surface area contributed by atoms with Crippen molar-refractivity contribution >= 4 is 40.3 Å². The van der Waals surface area contributed by atoms with Gasteiger partial charge in [0, 0.05) is 35.9 Å². The van der Waals surface area contributed by atoms with Crippen molar-refractivity contribution in [1.29, 1.82) is 0 Å². The van der Waals surface area contributed by atoms with Gasteiger partial charge >= 0.3 is 0 Å². The van der Waals surface area contributed by atoms with Crippen LogP contribution in [0.25, 0.3) is 22.6 Å². The second kappa shape index (κ2) is 8.97. The van der Waals surface area contributed by atoms with E-state index in [0.717, 1.165) is 16.8 Å². The van der Waals surface area contributed by atoms with Crippen LogP contribution >= 0.6 is 11.6 Å². The molecule has 7 nitrogen and oxygen atoms in total. The number of nitrogens with zero attached hydrogens (tertiary/aromatic N) is 2. The van der Waals surface area contributed by atoms with Crippen molar-refractivity contribution in [2.24, 2.45) is 0 Å². The third-order valence-electron chi connectivity index (χ3n) is 4.73. The van der Waals surface area contributed by atoms with Crippen LogP contribution < -0.4 is 10.6 Å². The molecule has 31 heavy (non-hydrogen) atoms. The van der Waals surface area contributed by atoms with Crippen molar-refractivity contribution in [1.82, 2.24) is 20.3 Å². The topological polar surface area (TPSA) is 99.8 Å². The van der Waals surface area contributed by atoms with Crippen molar-refractivity contribution in [3.05, 3.63) is 76.9 Å². The Balaban J connectivity index is 1.44. The van der Waals surface area contributed by atoms with Crippen LogP contribution in [0.1, 0.15) is 22.8 Å². The number of anilines is 1. The fraction of sp³-hybridized carbons (Fsp3) is 0.130. The Bertz CT molecular complexity index is 1230. The molecule has 156 valence electrons. The molecule has 0 aliphatic carbocycles. The molecule has 0 radical (unpaired) electrons. The van der Waals surface area contributed by atoms with E-state index < -0.39 is 0 Å². The number of aromatic amines is 1. The highest BCUT2D eigenvalue weighted by Gasteiger charge is 2.15. The third-order valence-corrected chi connectivity index (χ3v) is 4.98. The smallest absolute Gasteiger partial charge is 0.253 e. The van der Waals surface area contributed by atoms with Crippen molar-refractivity contribution < 1.29 is 9.59 Å². The van der Waals surface area contributed by atoms with Gasteiger partial charge in [0.25, 0.3) is 5.91 Å². The summed E-state index contributed by atoms with van der Waals surface area (Å²) < 4.78 is 0. The molecular formula is C23H20ClN5O2. The van der Waals surface area contributed by atoms with Crippen LogP contribution in [0.5, 0.6) is 0 Å². The van der Waals surface area contributed by atoms with Gasteiger partial charge in [0.15, 0.2) is 5.65 Å². The fourth-order valence-electron chi connectivity index (χ4n) is 3.22. The molecule has 2 aromatic heterocycles. The van der Waals surface area contributed by atoms with Crippen LogP contribution in [0, 0.1) is 0 Å². The van der Waals surface area contributed by atoms with E-state index in [0.29, 0.717) is 40.5 Å². The van der Waals surface area contributed by atoms with Crippen molar-refractivity contribution in [2.75, 3.05) is 11.9 Å². The number of H-pyrrole nitrogens is 1. The number of hydrogen-bond donors (Lipinski definition) is 3. The van der Waals surface area contributed by atoms with E-state index in [-0.39, 0.29) is 11.8 Å². The molecule has 0 aliphatic rings. The number of hydrogen-bond acceptors (Lipinski definition) is 4. The normalized spacial score (nSPS) is 10.8. The monoisotopic (exact) mass is 433 g/mol. The van der Waals surface area contributed by atoms with Gasteiger partial charge in [-0.1, -0.05) is 23.7 Å². The second-order valence-corrected chi connectivity index (χ2v) is 7.47. The molecule has 0 atom stereocenters. The zero-order valence-corrected chi connectivity index (χ0v) is 17.5. The van der Waals surface area contributed by atoms with Gasteiger partial charge in [0.05, 0.1) is 11.1 Å². The summed E-state index contributed by atoms with van der Waals surface area (Å²) in [6.45, 7) is 1.94. The van der Waals surface area contributed by atoms with E-state index >= 15 is 0 Å². The van der Waals surface area contributed by atoms with Crippen molar-refractivity contribution in [2.45, 2.75) is 13.3 Å². The molecule has 4 rings (SSSR count). The average Bonchev–Trinajstić information content (AvgIpc) is 3.19. The number of imidazole rings is 1. The highest BCUT2D eigenvalue weighted by atomic mass is 35.5. The van der Waals surface area contributed by atoms with E-state index in [9.17, 15) is 9.59 Å². The zero-order chi connectivity index (χ0) is 21.8. The van der Waals surface area contributed by atoms with Gasteiger partial charge in [-0.15, -0.1) is 0 Å². The van der Waals surface area contributed by atoms with E-state index in [1.807, 2.05) is 36.4 Å². The second-order valence-electron chi connectivity index (χ2n) is 7.03. The fourth-order valence-corrected chi connectivity index (χ4v) is 3.34. The number of amides is 2. The Morgan fingerprint density at radius 1 is 1.03 bits per heavy atom. The average molecular weight is 434 g/mol. The van der Waals surface area contributed by atoms with Crippen LogP contribution in [-0.4, -0.2) is 33.3 Å². The molecule has 2 aromatic carbocycles. The Morgan fingerprint density at radius 3 is 2.48 bits per heavy atom. The Hall–Kier alpha value is -3.71. The molecule has 0 saturated heterocycles. The summed E-state index contributed by atoms with van der Waals surface area (Å²) in [5.41, 5.74) is 4.21. The predicted octanol–water partition coefficient (Wildman–Crippen LogP) is 4.21. The Labute approximate surface area is 183 Å². The summed E-state index contributed by atoms with van der Waals surface area (Å²) in [4.78, 5) is 35.8. The quantitative estimate of drug-likeness (QED) is 0.424. The minimum absolute atomic E-state index is 0.110. The van der Waals surface area contributed by atoms with Gasteiger partial charge in [-0.05, 0) is 54.4 Å². The maximum absolute atomic E-state index is 12.8. The number of benzene rings is 2.